The van der Waals surface area contributed by atoms with Crippen molar-refractivity contribution in [3.8, 4) is 0 Å². The first-order chi connectivity index (χ1) is 10.1. The number of hydrogen-bond donors (Lipinski definition) is 0. The van der Waals surface area contributed by atoms with Crippen molar-refractivity contribution < 1.29 is 9.18 Å². The zero-order valence-corrected chi connectivity index (χ0v) is 12.2. The first kappa shape index (κ1) is 13.8. The van der Waals surface area contributed by atoms with Crippen LogP contribution in [0.3, 0.4) is 0 Å². The van der Waals surface area contributed by atoms with Crippen molar-refractivity contribution >= 4 is 5.91 Å². The summed E-state index contributed by atoms with van der Waals surface area (Å²) in [7, 11) is 1.92. The second-order valence-electron chi connectivity index (χ2n) is 5.58. The van der Waals surface area contributed by atoms with Gasteiger partial charge >= 0.3 is 0 Å². The molecule has 1 fully saturated rings. The number of carbonyl (C=O) groups excluding carboxylic acids is 1. The Bertz CT molecular complexity index is 676. The van der Waals surface area contributed by atoms with Gasteiger partial charge in [-0.3, -0.25) is 4.79 Å². The van der Waals surface area contributed by atoms with Crippen molar-refractivity contribution in [1.29, 1.82) is 0 Å². The molecule has 0 aliphatic heterocycles. The number of benzene rings is 1. The summed E-state index contributed by atoms with van der Waals surface area (Å²) in [5, 5.41) is 0. The molecule has 1 aliphatic carbocycles. The number of imidazole rings is 1. The van der Waals surface area contributed by atoms with Crippen molar-refractivity contribution in [3.63, 3.8) is 0 Å². The van der Waals surface area contributed by atoms with Gasteiger partial charge in [0.15, 0.2) is 0 Å². The topological polar surface area (TPSA) is 38.1 Å². The average Bonchev–Trinajstić information content (AvgIpc) is 3.22. The first-order valence-corrected chi connectivity index (χ1v) is 7.09. The molecule has 1 aliphatic rings. The lowest BCUT2D eigenvalue weighted by molar-refractivity contribution is 0.0724. The Hall–Kier alpha value is -2.17. The van der Waals surface area contributed by atoms with Crippen LogP contribution in [0.4, 0.5) is 4.39 Å². The van der Waals surface area contributed by atoms with Gasteiger partial charge < -0.3 is 9.47 Å². The van der Waals surface area contributed by atoms with E-state index >= 15 is 0 Å². The molecule has 0 atom stereocenters. The van der Waals surface area contributed by atoms with Crippen LogP contribution < -0.4 is 0 Å². The summed E-state index contributed by atoms with van der Waals surface area (Å²) in [5.41, 5.74) is 1.03. The lowest BCUT2D eigenvalue weighted by atomic mass is 10.1. The maximum Gasteiger partial charge on any atom is 0.254 e. The Kier molecular flexibility index (Phi) is 3.49. The van der Waals surface area contributed by atoms with Gasteiger partial charge in [0.1, 0.15) is 11.6 Å². The number of carbonyl (C=O) groups is 1. The monoisotopic (exact) mass is 287 g/mol. The number of halogens is 1. The third kappa shape index (κ3) is 2.82. The summed E-state index contributed by atoms with van der Waals surface area (Å²) in [4.78, 5) is 18.8. The van der Waals surface area contributed by atoms with E-state index < -0.39 is 0 Å². The van der Waals surface area contributed by atoms with E-state index in [-0.39, 0.29) is 17.8 Å². The lowest BCUT2D eigenvalue weighted by Gasteiger charge is -2.22. The molecule has 0 radical (unpaired) electrons. The van der Waals surface area contributed by atoms with Crippen LogP contribution in [-0.4, -0.2) is 26.4 Å². The molecular weight excluding hydrogens is 269 g/mol. The highest BCUT2D eigenvalue weighted by Gasteiger charge is 2.33. The van der Waals surface area contributed by atoms with Gasteiger partial charge in [-0.1, -0.05) is 0 Å². The van der Waals surface area contributed by atoms with E-state index in [1.165, 1.54) is 6.07 Å². The molecule has 1 aromatic heterocycles. The van der Waals surface area contributed by atoms with Crippen LogP contribution in [0.25, 0.3) is 0 Å². The van der Waals surface area contributed by atoms with Crippen molar-refractivity contribution in [3.05, 3.63) is 53.4 Å². The Morgan fingerprint density at radius 2 is 2.24 bits per heavy atom. The number of rotatable bonds is 4. The molecule has 4 nitrogen and oxygen atoms in total. The minimum Gasteiger partial charge on any atom is -0.337 e. The molecule has 1 saturated carbocycles. The molecule has 1 amide bonds. The van der Waals surface area contributed by atoms with E-state index in [0.29, 0.717) is 17.7 Å². The normalized spacial score (nSPS) is 14.2. The summed E-state index contributed by atoms with van der Waals surface area (Å²) in [5.74, 6) is 0.520. The van der Waals surface area contributed by atoms with Gasteiger partial charge in [-0.05, 0) is 43.5 Å². The van der Waals surface area contributed by atoms with Crippen LogP contribution in [0.1, 0.15) is 34.6 Å². The van der Waals surface area contributed by atoms with Gasteiger partial charge in [-0.15, -0.1) is 0 Å². The van der Waals surface area contributed by atoms with Crippen LogP contribution in [0.2, 0.25) is 0 Å². The fourth-order valence-corrected chi connectivity index (χ4v) is 2.40. The number of nitrogens with zero attached hydrogens (tertiary/aromatic N) is 3. The Morgan fingerprint density at radius 1 is 1.48 bits per heavy atom. The molecule has 2 aromatic rings. The van der Waals surface area contributed by atoms with Gasteiger partial charge in [0, 0.05) is 31.0 Å². The Labute approximate surface area is 123 Å². The van der Waals surface area contributed by atoms with Crippen molar-refractivity contribution in [1.82, 2.24) is 14.5 Å². The van der Waals surface area contributed by atoms with E-state index in [1.54, 1.807) is 25.3 Å². The van der Waals surface area contributed by atoms with Crippen LogP contribution in [0.5, 0.6) is 0 Å². The molecule has 0 N–H and O–H groups in total. The van der Waals surface area contributed by atoms with Gasteiger partial charge in [-0.2, -0.15) is 0 Å². The molecule has 110 valence electrons. The van der Waals surface area contributed by atoms with Crippen molar-refractivity contribution in [2.45, 2.75) is 32.4 Å². The van der Waals surface area contributed by atoms with Crippen molar-refractivity contribution in [2.75, 3.05) is 0 Å². The quantitative estimate of drug-likeness (QED) is 0.867. The smallest absolute Gasteiger partial charge is 0.254 e. The van der Waals surface area contributed by atoms with E-state index in [4.69, 9.17) is 0 Å². The molecule has 21 heavy (non-hydrogen) atoms. The predicted octanol–water partition coefficient (Wildman–Crippen LogP) is 2.67. The highest BCUT2D eigenvalue weighted by Crippen LogP contribution is 2.29. The lowest BCUT2D eigenvalue weighted by Crippen LogP contribution is -2.33. The highest BCUT2D eigenvalue weighted by atomic mass is 19.1. The van der Waals surface area contributed by atoms with Gasteiger partial charge in [0.05, 0.1) is 6.54 Å². The molecule has 1 heterocycles. The first-order valence-electron chi connectivity index (χ1n) is 7.09. The van der Waals surface area contributed by atoms with Crippen LogP contribution in [0.15, 0.2) is 30.6 Å². The molecule has 0 bridgehead atoms. The molecular formula is C16H18FN3O. The second-order valence-corrected chi connectivity index (χ2v) is 5.58. The van der Waals surface area contributed by atoms with Crippen LogP contribution in [-0.2, 0) is 13.6 Å². The van der Waals surface area contributed by atoms with Gasteiger partial charge in [-0.25, -0.2) is 9.37 Å². The summed E-state index contributed by atoms with van der Waals surface area (Å²) in [6, 6.07) is 4.80. The maximum absolute atomic E-state index is 13.4. The molecule has 3 rings (SSSR count). The standard InChI is InChI=1S/C16H18FN3O/c1-11-9-12(3-6-14(11)17)16(21)20(13-4-5-13)10-15-18-7-8-19(15)2/h3,6-9,13H,4-5,10H2,1-2H3. The zero-order valence-electron chi connectivity index (χ0n) is 12.2. The fourth-order valence-electron chi connectivity index (χ4n) is 2.40. The zero-order chi connectivity index (χ0) is 15.0. The third-order valence-corrected chi connectivity index (χ3v) is 3.89. The van der Waals surface area contributed by atoms with Gasteiger partial charge in [0.25, 0.3) is 5.91 Å². The maximum atomic E-state index is 13.4. The number of aryl methyl sites for hydroxylation is 2. The SMILES string of the molecule is Cc1cc(C(=O)N(Cc2nccn2C)C2CC2)ccc1F. The van der Waals surface area contributed by atoms with Gasteiger partial charge in [0.2, 0.25) is 0 Å². The van der Waals surface area contributed by atoms with E-state index in [1.807, 2.05) is 22.7 Å². The molecule has 0 spiro atoms. The minimum absolute atomic E-state index is 0.0522. The Morgan fingerprint density at radius 3 is 2.81 bits per heavy atom. The second kappa shape index (κ2) is 5.31. The molecule has 0 saturated heterocycles. The van der Waals surface area contributed by atoms with Crippen LogP contribution in [0, 0.1) is 12.7 Å². The Balaban J connectivity index is 1.85. The predicted molar refractivity (Wildman–Crippen MR) is 77.2 cm³/mol. The number of aromatic nitrogens is 2. The molecule has 5 heteroatoms. The van der Waals surface area contributed by atoms with E-state index in [2.05, 4.69) is 4.98 Å². The summed E-state index contributed by atoms with van der Waals surface area (Å²) < 4.78 is 15.3. The average molecular weight is 287 g/mol. The largest absolute Gasteiger partial charge is 0.337 e. The summed E-state index contributed by atoms with van der Waals surface area (Å²) in [6.07, 6.45) is 5.65. The third-order valence-electron chi connectivity index (χ3n) is 3.89. The van der Waals surface area contributed by atoms with E-state index in [0.717, 1.165) is 18.7 Å². The van der Waals surface area contributed by atoms with E-state index in [9.17, 15) is 9.18 Å². The van der Waals surface area contributed by atoms with Crippen LogP contribution >= 0.6 is 0 Å². The van der Waals surface area contributed by atoms with Crippen molar-refractivity contribution in [2.24, 2.45) is 7.05 Å². The molecule has 1 aromatic carbocycles. The highest BCUT2D eigenvalue weighted by molar-refractivity contribution is 5.94. The fraction of sp³-hybridized carbons (Fsp3) is 0.375. The minimum atomic E-state index is -0.284. The number of hydrogen-bond acceptors (Lipinski definition) is 2. The summed E-state index contributed by atoms with van der Waals surface area (Å²) in [6.45, 7) is 2.16. The summed E-state index contributed by atoms with van der Waals surface area (Å²) >= 11 is 0. The number of amides is 1. The molecule has 0 unspecified atom stereocenters.